The minimum atomic E-state index is 0.504. The van der Waals surface area contributed by atoms with Gasteiger partial charge in [-0.2, -0.15) is 4.98 Å². The van der Waals surface area contributed by atoms with Gasteiger partial charge >= 0.3 is 0 Å². The molecule has 110 valence electrons. The fourth-order valence-corrected chi connectivity index (χ4v) is 3.28. The van der Waals surface area contributed by atoms with Gasteiger partial charge in [-0.05, 0) is 30.4 Å². The molecule has 3 rings (SSSR count). The van der Waals surface area contributed by atoms with Crippen LogP contribution >= 0.6 is 0 Å². The third-order valence-corrected chi connectivity index (χ3v) is 4.35. The number of nitrogens with one attached hydrogen (secondary N) is 1. The summed E-state index contributed by atoms with van der Waals surface area (Å²) in [5, 5.41) is 3.36. The van der Waals surface area contributed by atoms with Crippen molar-refractivity contribution in [1.82, 2.24) is 9.97 Å². The van der Waals surface area contributed by atoms with Crippen molar-refractivity contribution in [3.8, 4) is 0 Å². The van der Waals surface area contributed by atoms with Crippen LogP contribution in [0.1, 0.15) is 37.2 Å². The Morgan fingerprint density at radius 1 is 1.14 bits per heavy atom. The Balaban J connectivity index is 1.73. The first-order valence-electron chi connectivity index (χ1n) is 7.70. The molecule has 1 aliphatic carbocycles. The highest BCUT2D eigenvalue weighted by Crippen LogP contribution is 2.37. The molecule has 0 amide bonds. The Bertz CT molecular complexity index is 564. The van der Waals surface area contributed by atoms with Gasteiger partial charge in [0.25, 0.3) is 0 Å². The van der Waals surface area contributed by atoms with Crippen molar-refractivity contribution >= 4 is 11.8 Å². The first-order valence-corrected chi connectivity index (χ1v) is 7.70. The minimum Gasteiger partial charge on any atom is -0.384 e. The van der Waals surface area contributed by atoms with Crippen LogP contribution in [0.2, 0.25) is 0 Å². The van der Waals surface area contributed by atoms with Crippen molar-refractivity contribution < 1.29 is 0 Å². The number of hydrogen-bond donors (Lipinski definition) is 2. The lowest BCUT2D eigenvalue weighted by Gasteiger charge is -2.24. The van der Waals surface area contributed by atoms with Crippen LogP contribution < -0.4 is 11.1 Å². The molecule has 0 aliphatic heterocycles. The van der Waals surface area contributed by atoms with E-state index in [-0.39, 0.29) is 0 Å². The summed E-state index contributed by atoms with van der Waals surface area (Å²) in [5.74, 6) is 2.39. The van der Waals surface area contributed by atoms with Gasteiger partial charge in [-0.25, -0.2) is 4.98 Å². The van der Waals surface area contributed by atoms with Crippen LogP contribution in [0.3, 0.4) is 0 Å². The van der Waals surface area contributed by atoms with Gasteiger partial charge < -0.3 is 11.1 Å². The van der Waals surface area contributed by atoms with E-state index in [4.69, 9.17) is 5.73 Å². The SMILES string of the molecule is Nc1ccnc(NCC(c2ccccc2)C2CCCC2)n1. The molecular weight excluding hydrogens is 260 g/mol. The van der Waals surface area contributed by atoms with E-state index < -0.39 is 0 Å². The lowest BCUT2D eigenvalue weighted by atomic mass is 9.85. The van der Waals surface area contributed by atoms with Crippen molar-refractivity contribution in [1.29, 1.82) is 0 Å². The summed E-state index contributed by atoms with van der Waals surface area (Å²) in [6.45, 7) is 0.859. The van der Waals surface area contributed by atoms with Crippen molar-refractivity contribution in [2.24, 2.45) is 5.92 Å². The molecular formula is C17H22N4. The highest BCUT2D eigenvalue weighted by atomic mass is 15.1. The molecule has 0 radical (unpaired) electrons. The number of nitrogen functional groups attached to an aromatic ring is 1. The average Bonchev–Trinajstić information content (AvgIpc) is 3.03. The monoisotopic (exact) mass is 282 g/mol. The Labute approximate surface area is 125 Å². The van der Waals surface area contributed by atoms with Gasteiger partial charge in [-0.15, -0.1) is 0 Å². The fourth-order valence-electron chi connectivity index (χ4n) is 3.28. The molecule has 1 aliphatic rings. The predicted molar refractivity (Wildman–Crippen MR) is 86.1 cm³/mol. The molecule has 1 heterocycles. The summed E-state index contributed by atoms with van der Waals surface area (Å²) < 4.78 is 0. The molecule has 1 fully saturated rings. The molecule has 0 spiro atoms. The molecule has 1 atom stereocenters. The summed E-state index contributed by atoms with van der Waals surface area (Å²) in [7, 11) is 0. The van der Waals surface area contributed by atoms with Gasteiger partial charge in [0.05, 0.1) is 0 Å². The quantitative estimate of drug-likeness (QED) is 0.881. The third-order valence-electron chi connectivity index (χ3n) is 4.35. The Hall–Kier alpha value is -2.10. The second-order valence-electron chi connectivity index (χ2n) is 5.75. The molecule has 3 N–H and O–H groups in total. The average molecular weight is 282 g/mol. The Morgan fingerprint density at radius 2 is 1.90 bits per heavy atom. The Kier molecular flexibility index (Phi) is 4.34. The molecule has 1 aromatic heterocycles. The lowest BCUT2D eigenvalue weighted by Crippen LogP contribution is -2.20. The Morgan fingerprint density at radius 3 is 2.62 bits per heavy atom. The maximum Gasteiger partial charge on any atom is 0.224 e. The summed E-state index contributed by atoms with van der Waals surface area (Å²) in [6, 6.07) is 12.5. The molecule has 1 saturated carbocycles. The summed E-state index contributed by atoms with van der Waals surface area (Å²) in [6.07, 6.45) is 7.03. The van der Waals surface area contributed by atoms with Crippen molar-refractivity contribution in [3.63, 3.8) is 0 Å². The zero-order valence-corrected chi connectivity index (χ0v) is 12.2. The smallest absolute Gasteiger partial charge is 0.224 e. The lowest BCUT2D eigenvalue weighted by molar-refractivity contribution is 0.447. The van der Waals surface area contributed by atoms with Crippen molar-refractivity contribution in [2.75, 3.05) is 17.6 Å². The van der Waals surface area contributed by atoms with Crippen LogP contribution in [0.25, 0.3) is 0 Å². The number of rotatable bonds is 5. The van der Waals surface area contributed by atoms with Crippen LogP contribution in [0.4, 0.5) is 11.8 Å². The van der Waals surface area contributed by atoms with E-state index in [1.807, 2.05) is 0 Å². The fraction of sp³-hybridized carbons (Fsp3) is 0.412. The van der Waals surface area contributed by atoms with E-state index in [0.717, 1.165) is 12.5 Å². The standard InChI is InChI=1S/C17H22N4/c18-16-10-11-19-17(21-16)20-12-15(14-8-4-5-9-14)13-6-2-1-3-7-13/h1-3,6-7,10-11,14-15H,4-5,8-9,12H2,(H3,18,19,20,21). The van der Waals surface area contributed by atoms with Gasteiger partial charge in [0.2, 0.25) is 5.95 Å². The first-order chi connectivity index (χ1) is 10.3. The molecule has 0 saturated heterocycles. The molecule has 1 unspecified atom stereocenters. The number of nitrogens with two attached hydrogens (primary N) is 1. The molecule has 0 bridgehead atoms. The molecule has 4 nitrogen and oxygen atoms in total. The van der Waals surface area contributed by atoms with Gasteiger partial charge in [0.1, 0.15) is 5.82 Å². The number of nitrogens with zero attached hydrogens (tertiary/aromatic N) is 2. The second-order valence-corrected chi connectivity index (χ2v) is 5.75. The van der Waals surface area contributed by atoms with Crippen LogP contribution in [0.5, 0.6) is 0 Å². The van der Waals surface area contributed by atoms with E-state index in [0.29, 0.717) is 17.7 Å². The zero-order valence-electron chi connectivity index (χ0n) is 12.2. The highest BCUT2D eigenvalue weighted by molar-refractivity contribution is 5.35. The van der Waals surface area contributed by atoms with Crippen LogP contribution in [-0.2, 0) is 0 Å². The van der Waals surface area contributed by atoms with Crippen LogP contribution in [-0.4, -0.2) is 16.5 Å². The number of anilines is 2. The topological polar surface area (TPSA) is 63.8 Å². The van der Waals surface area contributed by atoms with E-state index in [1.165, 1.54) is 31.2 Å². The number of benzene rings is 1. The predicted octanol–water partition coefficient (Wildman–Crippen LogP) is 3.44. The maximum absolute atomic E-state index is 5.71. The maximum atomic E-state index is 5.71. The largest absolute Gasteiger partial charge is 0.384 e. The third kappa shape index (κ3) is 3.51. The van der Waals surface area contributed by atoms with Gasteiger partial charge in [0.15, 0.2) is 0 Å². The van der Waals surface area contributed by atoms with E-state index in [2.05, 4.69) is 45.6 Å². The number of hydrogen-bond acceptors (Lipinski definition) is 4. The minimum absolute atomic E-state index is 0.504. The van der Waals surface area contributed by atoms with Crippen molar-refractivity contribution in [3.05, 3.63) is 48.2 Å². The molecule has 2 aromatic rings. The second kappa shape index (κ2) is 6.57. The van der Waals surface area contributed by atoms with Gasteiger partial charge in [-0.1, -0.05) is 43.2 Å². The highest BCUT2D eigenvalue weighted by Gasteiger charge is 2.26. The van der Waals surface area contributed by atoms with Crippen LogP contribution in [0.15, 0.2) is 42.6 Å². The molecule has 4 heteroatoms. The number of aromatic nitrogens is 2. The zero-order chi connectivity index (χ0) is 14.5. The molecule has 1 aromatic carbocycles. The van der Waals surface area contributed by atoms with Crippen molar-refractivity contribution in [2.45, 2.75) is 31.6 Å². The first kappa shape index (κ1) is 13.9. The van der Waals surface area contributed by atoms with Crippen LogP contribution in [0, 0.1) is 5.92 Å². The van der Waals surface area contributed by atoms with E-state index >= 15 is 0 Å². The van der Waals surface area contributed by atoms with Gasteiger partial charge in [-0.3, -0.25) is 0 Å². The van der Waals surface area contributed by atoms with Gasteiger partial charge in [0, 0.05) is 18.7 Å². The summed E-state index contributed by atoms with van der Waals surface area (Å²) in [4.78, 5) is 8.45. The summed E-state index contributed by atoms with van der Waals surface area (Å²) in [5.41, 5.74) is 7.11. The summed E-state index contributed by atoms with van der Waals surface area (Å²) >= 11 is 0. The molecule has 21 heavy (non-hydrogen) atoms. The van der Waals surface area contributed by atoms with E-state index in [9.17, 15) is 0 Å². The van der Waals surface area contributed by atoms with E-state index in [1.54, 1.807) is 12.3 Å². The normalized spacial score (nSPS) is 16.8.